The van der Waals surface area contributed by atoms with E-state index >= 15 is 0 Å². The Hall–Kier alpha value is -0.137. The number of hydrogen-bond acceptors (Lipinski definition) is 1. The van der Waals surface area contributed by atoms with Crippen LogP contribution in [0, 0.1) is 13.0 Å². The quantitative estimate of drug-likeness (QED) is 0.472. The first kappa shape index (κ1) is 12.9. The van der Waals surface area contributed by atoms with Crippen molar-refractivity contribution in [3.8, 4) is 5.75 Å². The molecule has 1 nitrogen and oxygen atoms in total. The molecule has 0 saturated heterocycles. The van der Waals surface area contributed by atoms with Gasteiger partial charge in [0.25, 0.3) is 0 Å². The van der Waals surface area contributed by atoms with Gasteiger partial charge in [0.1, 0.15) is 6.61 Å². The Morgan fingerprint density at radius 2 is 2.38 bits per heavy atom. The molecule has 1 aromatic carbocycles. The number of ether oxygens (including phenoxy) is 1. The summed E-state index contributed by atoms with van der Waals surface area (Å²) >= 11 is 4.25. The predicted molar refractivity (Wildman–Crippen MR) is 54.6 cm³/mol. The topological polar surface area (TPSA) is 9.23 Å². The van der Waals surface area contributed by atoms with Crippen molar-refractivity contribution in [3.63, 3.8) is 0 Å². The summed E-state index contributed by atoms with van der Waals surface area (Å²) in [4.78, 5) is 0. The second-order valence-electron chi connectivity index (χ2n) is 2.31. The van der Waals surface area contributed by atoms with Crippen molar-refractivity contribution in [2.24, 2.45) is 0 Å². The van der Waals surface area contributed by atoms with Gasteiger partial charge < -0.3 is 4.74 Å². The molecule has 66 valence electrons. The maximum atomic E-state index is 5.30. The molecular weight excluding hydrogens is 281 g/mol. The van der Waals surface area contributed by atoms with Gasteiger partial charge in [0.15, 0.2) is 0 Å². The molecule has 0 bridgehead atoms. The molecule has 0 aliphatic rings. The summed E-state index contributed by atoms with van der Waals surface area (Å²) in [6, 6.07) is 8.73. The summed E-state index contributed by atoms with van der Waals surface area (Å²) in [5.41, 5.74) is 1.09. The first-order valence-electron chi connectivity index (χ1n) is 3.81. The van der Waals surface area contributed by atoms with E-state index in [0.717, 1.165) is 11.3 Å². The SMILES string of the molecule is C=CCOc1cc[c-]c(C)c1.[Zn+][Br]. The van der Waals surface area contributed by atoms with E-state index in [1.165, 1.54) is 16.3 Å². The molecule has 0 spiro atoms. The summed E-state index contributed by atoms with van der Waals surface area (Å²) in [5.74, 6) is 0.876. The molecule has 13 heavy (non-hydrogen) atoms. The van der Waals surface area contributed by atoms with Crippen molar-refractivity contribution in [2.45, 2.75) is 6.92 Å². The summed E-state index contributed by atoms with van der Waals surface area (Å²) < 4.78 is 5.30. The fraction of sp³-hybridized carbons (Fsp3) is 0.200. The van der Waals surface area contributed by atoms with Gasteiger partial charge in [-0.05, 0) is 0 Å². The number of hydrogen-bond donors (Lipinski definition) is 0. The van der Waals surface area contributed by atoms with Crippen LogP contribution in [-0.4, -0.2) is 6.61 Å². The number of halogens is 1. The van der Waals surface area contributed by atoms with Gasteiger partial charge in [-0.25, -0.2) is 0 Å². The molecular formula is C10H11BrOZn. The Morgan fingerprint density at radius 3 is 2.92 bits per heavy atom. The average molecular weight is 292 g/mol. The number of aryl methyl sites for hydroxylation is 1. The van der Waals surface area contributed by atoms with Crippen molar-refractivity contribution in [1.82, 2.24) is 0 Å². The van der Waals surface area contributed by atoms with Crippen molar-refractivity contribution in [3.05, 3.63) is 42.5 Å². The van der Waals surface area contributed by atoms with Gasteiger partial charge in [-0.1, -0.05) is 19.6 Å². The van der Waals surface area contributed by atoms with Crippen molar-refractivity contribution in [2.75, 3.05) is 6.61 Å². The fourth-order valence-electron chi connectivity index (χ4n) is 0.803. The van der Waals surface area contributed by atoms with Crippen molar-refractivity contribution in [1.29, 1.82) is 0 Å². The fourth-order valence-corrected chi connectivity index (χ4v) is 0.803. The first-order valence-corrected chi connectivity index (χ1v) is 10.8. The second-order valence-corrected chi connectivity index (χ2v) is 2.31. The molecule has 1 aromatic rings. The molecule has 3 heteroatoms. The van der Waals surface area contributed by atoms with Gasteiger partial charge in [-0.3, -0.25) is 0 Å². The molecule has 0 aliphatic heterocycles. The standard InChI is InChI=1S/C10H11O.BrH.Zn/c1-3-7-11-10-6-4-5-9(2)8-10;;/h3-4,6,8H,1,7H2,2H3;1H;/q-1;;+2/p-1. The molecule has 0 heterocycles. The minimum atomic E-state index is 0.559. The van der Waals surface area contributed by atoms with E-state index in [9.17, 15) is 0 Å². The third kappa shape index (κ3) is 6.01. The summed E-state index contributed by atoms with van der Waals surface area (Å²) in [7, 11) is 0. The Morgan fingerprint density at radius 1 is 1.69 bits per heavy atom. The third-order valence-electron chi connectivity index (χ3n) is 1.29. The zero-order valence-corrected chi connectivity index (χ0v) is 12.3. The zero-order valence-electron chi connectivity index (χ0n) is 7.72. The molecule has 1 rings (SSSR count). The van der Waals surface area contributed by atoms with Gasteiger partial charge in [0.05, 0.1) is 0 Å². The minimum absolute atomic E-state index is 0.559. The van der Waals surface area contributed by atoms with E-state index in [1.54, 1.807) is 6.08 Å². The van der Waals surface area contributed by atoms with Gasteiger partial charge in [0, 0.05) is 5.75 Å². The van der Waals surface area contributed by atoms with Gasteiger partial charge >= 0.3 is 30.0 Å². The number of benzene rings is 1. The van der Waals surface area contributed by atoms with Crippen LogP contribution in [0.25, 0.3) is 0 Å². The van der Waals surface area contributed by atoms with E-state index in [2.05, 4.69) is 26.3 Å². The zero-order chi connectivity index (χ0) is 10.1. The maximum absolute atomic E-state index is 5.30. The molecule has 0 N–H and O–H groups in total. The molecule has 0 aromatic heterocycles. The Bertz CT molecular complexity index is 250. The van der Waals surface area contributed by atoms with Crippen molar-refractivity contribution < 1.29 is 21.1 Å². The van der Waals surface area contributed by atoms with Crippen LogP contribution in [0.15, 0.2) is 30.9 Å². The van der Waals surface area contributed by atoms with E-state index in [-0.39, 0.29) is 0 Å². The average Bonchev–Trinajstić information content (AvgIpc) is 2.18. The Kier molecular flexibility index (Phi) is 8.37. The van der Waals surface area contributed by atoms with Gasteiger partial charge in [0.2, 0.25) is 0 Å². The Labute approximate surface area is 96.2 Å². The van der Waals surface area contributed by atoms with Crippen LogP contribution in [0.4, 0.5) is 0 Å². The van der Waals surface area contributed by atoms with E-state index in [1.807, 2.05) is 25.1 Å². The van der Waals surface area contributed by atoms with Gasteiger partial charge in [-0.15, -0.1) is 12.1 Å². The normalized spacial score (nSPS) is 8.31. The van der Waals surface area contributed by atoms with Crippen molar-refractivity contribution >= 4 is 13.6 Å². The summed E-state index contributed by atoms with van der Waals surface area (Å²) in [5, 5.41) is 0. The van der Waals surface area contributed by atoms with Crippen LogP contribution < -0.4 is 4.74 Å². The monoisotopic (exact) mass is 290 g/mol. The van der Waals surface area contributed by atoms with Crippen LogP contribution in [0.1, 0.15) is 5.56 Å². The molecule has 0 aliphatic carbocycles. The number of rotatable bonds is 3. The Balaban J connectivity index is 0.000000671. The summed E-state index contributed by atoms with van der Waals surface area (Å²) in [6.45, 7) is 6.11. The van der Waals surface area contributed by atoms with Crippen LogP contribution in [0.5, 0.6) is 5.75 Å². The predicted octanol–water partition coefficient (Wildman–Crippen LogP) is 3.20. The van der Waals surface area contributed by atoms with Crippen LogP contribution in [0.3, 0.4) is 0 Å². The molecule has 0 fully saturated rings. The van der Waals surface area contributed by atoms with E-state index < -0.39 is 0 Å². The molecule has 0 radical (unpaired) electrons. The van der Waals surface area contributed by atoms with Crippen LogP contribution >= 0.6 is 13.6 Å². The third-order valence-corrected chi connectivity index (χ3v) is 1.29. The molecule has 0 amide bonds. The van der Waals surface area contributed by atoms with Gasteiger partial charge in [-0.2, -0.15) is 17.7 Å². The summed E-state index contributed by atoms with van der Waals surface area (Å²) in [6.07, 6.45) is 1.73. The van der Waals surface area contributed by atoms with E-state index in [4.69, 9.17) is 4.74 Å². The molecule has 0 unspecified atom stereocenters. The van der Waals surface area contributed by atoms with Crippen LogP contribution in [-0.2, 0) is 16.3 Å². The molecule has 0 saturated carbocycles. The van der Waals surface area contributed by atoms with Crippen LogP contribution in [0.2, 0.25) is 0 Å². The first-order chi connectivity index (χ1) is 6.33. The second kappa shape index (κ2) is 8.46. The molecule has 0 atom stereocenters. The van der Waals surface area contributed by atoms with E-state index in [0.29, 0.717) is 6.61 Å².